The average molecular weight is 1740 g/mol. The van der Waals surface area contributed by atoms with Crippen molar-refractivity contribution in [2.45, 2.75) is 13.8 Å². The Bertz CT molecular complexity index is 6740. The summed E-state index contributed by atoms with van der Waals surface area (Å²) in [6.07, 6.45) is 8.28. The van der Waals surface area contributed by atoms with Crippen LogP contribution in [0.5, 0.6) is 40.2 Å². The standard InChI is InChI=1S/C21H20N4O4.C21H20N4O2.2C18H13FN4O2.C18H14N4O2/c1-25-18-8-13(4-5-19(18)29-12-20(25)26)17-6-7-22-21(24-17)23-14-9-15(27-2)11-16(10-14)28-3;1-13-8-14(2)10-16(9-13)23-21-22-7-6-17(24-21)15-4-5-19-18(11-15)25(3)20(26)12-27-19;19-12-2-1-3-13(9-12)21-18-20-7-6-14(23-18)11-4-5-16-15(8-11)22-17(24)10-25-16;19-12-3-1-2-4-14(12)23-18-20-8-7-13(22-18)11-5-6-16-15(9-11)21-17(24)10-25-16;23-17-11-24-16-7-6-12(10-15(16)21-17)14-8-9-19-18(22-14)20-13-4-2-1-3-5-13/h4-11H,12H2,1-3H3,(H,22,23,24);4-11H,12H2,1-3H3,(H,22,23,24);1-9H,10H2,(H,22,24)(H,20,21,23);1-9H,10H2,(H,21,24)(H,20,22,23);1-10H,11H2,(H,21,23)(H,19,20,22). The largest absolute Gasteiger partial charge is 0.497 e. The summed E-state index contributed by atoms with van der Waals surface area (Å²) in [7, 11) is 6.67. The van der Waals surface area contributed by atoms with E-state index in [1.807, 2.05) is 127 Å². The molecule has 8 N–H and O–H groups in total. The Morgan fingerprint density at radius 2 is 0.677 bits per heavy atom. The van der Waals surface area contributed by atoms with E-state index in [0.29, 0.717) is 115 Å². The van der Waals surface area contributed by atoms with Gasteiger partial charge in [-0.1, -0.05) is 42.5 Å². The molecule has 650 valence electrons. The number of ether oxygens (including phenoxy) is 7. The van der Waals surface area contributed by atoms with Crippen molar-refractivity contribution in [2.24, 2.45) is 0 Å². The number of para-hydroxylation sites is 2. The number of amides is 5. The molecule has 5 aliphatic heterocycles. The molecule has 32 nitrogen and oxygen atoms in total. The van der Waals surface area contributed by atoms with Crippen LogP contribution in [0.15, 0.2) is 268 Å². The Morgan fingerprint density at radius 3 is 1.08 bits per heavy atom. The third-order valence-electron chi connectivity index (χ3n) is 20.0. The maximum Gasteiger partial charge on any atom is 0.264 e. The molecule has 5 amide bonds. The Labute approximate surface area is 742 Å². The number of hydrogen-bond donors (Lipinski definition) is 8. The maximum absolute atomic E-state index is 13.8. The van der Waals surface area contributed by atoms with E-state index in [-0.39, 0.29) is 80.2 Å². The zero-order chi connectivity index (χ0) is 90.2. The number of aryl methyl sites for hydroxylation is 2. The van der Waals surface area contributed by atoms with E-state index >= 15 is 0 Å². The van der Waals surface area contributed by atoms with Gasteiger partial charge in [0.2, 0.25) is 29.7 Å². The molecule has 0 fully saturated rings. The minimum absolute atomic E-state index is 0.0105. The molecular weight excluding hydrogens is 1660 g/mol. The van der Waals surface area contributed by atoms with Crippen LogP contribution in [-0.4, -0.2) is 141 Å². The van der Waals surface area contributed by atoms with Gasteiger partial charge in [0, 0.05) is 114 Å². The van der Waals surface area contributed by atoms with Gasteiger partial charge in [-0.3, -0.25) is 24.0 Å². The normalized spacial score (nSPS) is 12.8. The zero-order valence-corrected chi connectivity index (χ0v) is 70.5. The molecular formula is C96H80F2N20O12. The summed E-state index contributed by atoms with van der Waals surface area (Å²) in [5, 5.41) is 23.8. The zero-order valence-electron chi connectivity index (χ0n) is 70.5. The molecule has 0 unspecified atom stereocenters. The molecule has 0 spiro atoms. The van der Waals surface area contributed by atoms with Crippen molar-refractivity contribution in [2.75, 3.05) is 114 Å². The van der Waals surface area contributed by atoms with Crippen molar-refractivity contribution in [1.82, 2.24) is 49.8 Å². The third-order valence-corrected chi connectivity index (χ3v) is 20.0. The summed E-state index contributed by atoms with van der Waals surface area (Å²) < 4.78 is 64.7. The summed E-state index contributed by atoms with van der Waals surface area (Å²) in [5.41, 5.74) is 16.9. The van der Waals surface area contributed by atoms with Gasteiger partial charge in [0.05, 0.1) is 76.8 Å². The fraction of sp³-hybridized carbons (Fsp3) is 0.115. The molecule has 0 bridgehead atoms. The Kier molecular flexibility index (Phi) is 26.1. The van der Waals surface area contributed by atoms with Gasteiger partial charge in [-0.2, -0.15) is 0 Å². The molecule has 10 aromatic carbocycles. The lowest BCUT2D eigenvalue weighted by molar-refractivity contribution is -0.121. The predicted octanol–water partition coefficient (Wildman–Crippen LogP) is 17.1. The van der Waals surface area contributed by atoms with Gasteiger partial charge in [0.25, 0.3) is 29.5 Å². The number of nitrogens with one attached hydrogen (secondary N) is 8. The first-order chi connectivity index (χ1) is 63.2. The predicted molar refractivity (Wildman–Crippen MR) is 489 cm³/mol. The van der Waals surface area contributed by atoms with E-state index in [4.69, 9.17) is 33.2 Å². The molecule has 10 heterocycles. The topological polar surface area (TPSA) is 382 Å². The first-order valence-corrected chi connectivity index (χ1v) is 40.4. The molecule has 0 saturated carbocycles. The highest BCUT2D eigenvalue weighted by Crippen LogP contribution is 2.40. The lowest BCUT2D eigenvalue weighted by Crippen LogP contribution is -2.35. The van der Waals surface area contributed by atoms with Crippen molar-refractivity contribution in [1.29, 1.82) is 0 Å². The molecule has 0 aliphatic carbocycles. The number of benzene rings is 10. The van der Waals surface area contributed by atoms with Crippen molar-refractivity contribution in [3.63, 3.8) is 0 Å². The van der Waals surface area contributed by atoms with Crippen LogP contribution in [0.25, 0.3) is 56.3 Å². The van der Waals surface area contributed by atoms with Gasteiger partial charge in [0.15, 0.2) is 33.0 Å². The molecule has 0 radical (unpaired) electrons. The first-order valence-electron chi connectivity index (χ1n) is 40.4. The summed E-state index contributed by atoms with van der Waals surface area (Å²) in [6, 6.07) is 70.5. The maximum atomic E-state index is 13.8. The van der Waals surface area contributed by atoms with Crippen molar-refractivity contribution in [3.05, 3.63) is 290 Å². The van der Waals surface area contributed by atoms with Crippen LogP contribution in [0.4, 0.5) is 95.4 Å². The summed E-state index contributed by atoms with van der Waals surface area (Å²) in [4.78, 5) is 105. The quantitative estimate of drug-likeness (QED) is 0.0420. The van der Waals surface area contributed by atoms with Gasteiger partial charge < -0.3 is 85.5 Å². The van der Waals surface area contributed by atoms with Crippen molar-refractivity contribution < 1.29 is 65.9 Å². The van der Waals surface area contributed by atoms with Gasteiger partial charge >= 0.3 is 0 Å². The fourth-order valence-corrected chi connectivity index (χ4v) is 13.7. The first kappa shape index (κ1) is 86.0. The van der Waals surface area contributed by atoms with Crippen LogP contribution in [0.3, 0.4) is 0 Å². The molecule has 20 rings (SSSR count). The molecule has 34 heteroatoms. The molecule has 0 atom stereocenters. The number of anilines is 15. The molecule has 130 heavy (non-hydrogen) atoms. The molecule has 5 aliphatic rings. The number of carbonyl (C=O) groups excluding carboxylic acids is 5. The van der Waals surface area contributed by atoms with Crippen LogP contribution < -0.4 is 85.5 Å². The van der Waals surface area contributed by atoms with Crippen LogP contribution in [0, 0.1) is 25.5 Å². The molecule has 15 aromatic rings. The lowest BCUT2D eigenvalue weighted by atomic mass is 10.1. The van der Waals surface area contributed by atoms with Crippen LogP contribution in [-0.2, 0) is 24.0 Å². The SMILES string of the molecule is COc1cc(Nc2nccc(-c3ccc4c(c3)N(C)C(=O)CO4)n2)cc(OC)c1.Cc1cc(C)cc(Nc2nccc(-c3ccc4c(c3)N(C)C(=O)CO4)n2)c1.O=C1COc2ccc(-c3ccnc(Nc4cccc(F)c4)n3)cc2N1.O=C1COc2ccc(-c3ccnc(Nc4ccccc4)n3)cc2N1.O=C1COc2ccc(-c3ccnc(Nc4ccccc4F)n3)cc2N1. The summed E-state index contributed by atoms with van der Waals surface area (Å²) in [6.45, 7) is 4.31. The highest BCUT2D eigenvalue weighted by Gasteiger charge is 2.27. The molecule has 0 saturated heterocycles. The van der Waals surface area contributed by atoms with E-state index in [9.17, 15) is 32.8 Å². The number of likely N-dealkylation sites (N-methyl/N-ethyl adjacent to an activating group) is 2. The van der Waals surface area contributed by atoms with E-state index in [2.05, 4.69) is 124 Å². The minimum atomic E-state index is -0.384. The van der Waals surface area contributed by atoms with Crippen LogP contribution in [0.1, 0.15) is 11.1 Å². The number of halogens is 2. The monoisotopic (exact) mass is 1740 g/mol. The number of aromatic nitrogens is 10. The number of methoxy groups -OCH3 is 2. The summed E-state index contributed by atoms with van der Waals surface area (Å²) in [5.74, 6) is 5.23. The van der Waals surface area contributed by atoms with Crippen molar-refractivity contribution in [3.8, 4) is 96.5 Å². The Morgan fingerprint density at radius 1 is 0.331 bits per heavy atom. The smallest absolute Gasteiger partial charge is 0.264 e. The van der Waals surface area contributed by atoms with E-state index < -0.39 is 0 Å². The fourth-order valence-electron chi connectivity index (χ4n) is 13.7. The van der Waals surface area contributed by atoms with Crippen LogP contribution in [0.2, 0.25) is 0 Å². The van der Waals surface area contributed by atoms with Gasteiger partial charge in [0.1, 0.15) is 51.9 Å². The second-order valence-corrected chi connectivity index (χ2v) is 29.3. The highest BCUT2D eigenvalue weighted by atomic mass is 19.1. The number of hydrogen-bond acceptors (Lipinski definition) is 27. The van der Waals surface area contributed by atoms with E-state index in [1.165, 1.54) is 29.3 Å². The Balaban J connectivity index is 0.000000119. The van der Waals surface area contributed by atoms with Crippen molar-refractivity contribution >= 4 is 116 Å². The lowest BCUT2D eigenvalue weighted by Gasteiger charge is -2.26. The Hall–Kier alpha value is -17.6. The number of carbonyl (C=O) groups is 5. The number of fused-ring (bicyclic) bond motifs is 5. The second kappa shape index (κ2) is 39.5. The average Bonchev–Trinajstić information content (AvgIpc) is 0.813. The van der Waals surface area contributed by atoms with E-state index in [1.54, 1.807) is 142 Å². The second-order valence-electron chi connectivity index (χ2n) is 29.3. The number of nitrogens with zero attached hydrogens (tertiary/aromatic N) is 12. The highest BCUT2D eigenvalue weighted by molar-refractivity contribution is 6.01. The van der Waals surface area contributed by atoms with Crippen LogP contribution >= 0.6 is 0 Å². The van der Waals surface area contributed by atoms with Gasteiger partial charge in [-0.25, -0.2) is 58.6 Å². The number of rotatable bonds is 17. The van der Waals surface area contributed by atoms with Gasteiger partial charge in [-0.15, -0.1) is 0 Å². The third kappa shape index (κ3) is 21.6. The van der Waals surface area contributed by atoms with E-state index in [0.717, 1.165) is 62.0 Å². The van der Waals surface area contributed by atoms with Gasteiger partial charge in [-0.05, 0) is 201 Å². The minimum Gasteiger partial charge on any atom is -0.497 e. The molecule has 5 aromatic heterocycles. The summed E-state index contributed by atoms with van der Waals surface area (Å²) >= 11 is 0.